The maximum absolute atomic E-state index is 11.8. The summed E-state index contributed by atoms with van der Waals surface area (Å²) in [6.45, 7) is 3.70. The van der Waals surface area contributed by atoms with Gasteiger partial charge >= 0.3 is 0 Å². The molecule has 1 heterocycles. The van der Waals surface area contributed by atoms with Crippen LogP contribution in [0.2, 0.25) is 0 Å². The second-order valence-electron chi connectivity index (χ2n) is 6.03. The Morgan fingerprint density at radius 2 is 1.71 bits per heavy atom. The highest BCUT2D eigenvalue weighted by molar-refractivity contribution is 5.78. The summed E-state index contributed by atoms with van der Waals surface area (Å²) in [7, 11) is 0. The number of para-hydroxylation sites is 1. The van der Waals surface area contributed by atoms with Crippen molar-refractivity contribution in [3.63, 3.8) is 0 Å². The molecule has 0 aliphatic rings. The number of fused-ring (bicyclic) bond motifs is 1. The van der Waals surface area contributed by atoms with Gasteiger partial charge in [-0.1, -0.05) is 61.5 Å². The molecule has 1 aromatic heterocycles. The molecule has 0 unspecified atom stereocenters. The van der Waals surface area contributed by atoms with Gasteiger partial charge in [0, 0.05) is 23.9 Å². The molecule has 0 radical (unpaired) electrons. The maximum atomic E-state index is 11.8. The van der Waals surface area contributed by atoms with Crippen molar-refractivity contribution >= 4 is 16.8 Å². The summed E-state index contributed by atoms with van der Waals surface area (Å²) in [5, 5.41) is 4.25. The third-order valence-corrected chi connectivity index (χ3v) is 4.36. The molecule has 0 bridgehead atoms. The van der Waals surface area contributed by atoms with Gasteiger partial charge in [-0.05, 0) is 24.1 Å². The average Bonchev–Trinajstić information content (AvgIpc) is 2.62. The van der Waals surface area contributed by atoms with Crippen LogP contribution in [0.1, 0.15) is 43.5 Å². The van der Waals surface area contributed by atoms with E-state index in [0.29, 0.717) is 0 Å². The normalized spacial score (nSPS) is 13.4. The van der Waals surface area contributed by atoms with Gasteiger partial charge in [0.1, 0.15) is 0 Å². The van der Waals surface area contributed by atoms with E-state index in [1.807, 2.05) is 36.4 Å². The fourth-order valence-corrected chi connectivity index (χ4v) is 3.20. The molecule has 0 spiro atoms. The highest BCUT2D eigenvalue weighted by Gasteiger charge is 2.25. The van der Waals surface area contributed by atoms with Crippen LogP contribution in [-0.2, 0) is 4.79 Å². The van der Waals surface area contributed by atoms with E-state index >= 15 is 0 Å². The lowest BCUT2D eigenvalue weighted by Crippen LogP contribution is -2.31. The van der Waals surface area contributed by atoms with Gasteiger partial charge in [0.25, 0.3) is 0 Å². The number of carbonyl (C=O) groups is 1. The standard InChI is InChI=1S/C21H22N2O/c1-3-18(20-14-13-16-9-7-8-12-19(16)23-20)21(22-15(2)24)17-10-5-4-6-11-17/h4-14,18,21H,3H2,1-2H3,(H,22,24)/t18-,21-/m1/s1. The van der Waals surface area contributed by atoms with Crippen LogP contribution >= 0.6 is 0 Å². The predicted molar refractivity (Wildman–Crippen MR) is 97.8 cm³/mol. The van der Waals surface area contributed by atoms with Crippen molar-refractivity contribution in [1.29, 1.82) is 0 Å². The van der Waals surface area contributed by atoms with Crippen LogP contribution in [-0.4, -0.2) is 10.9 Å². The molecule has 3 heteroatoms. The van der Waals surface area contributed by atoms with Crippen molar-refractivity contribution < 1.29 is 4.79 Å². The lowest BCUT2D eigenvalue weighted by Gasteiger charge is -2.27. The second kappa shape index (κ2) is 7.26. The molecule has 2 atom stereocenters. The van der Waals surface area contributed by atoms with Crippen molar-refractivity contribution in [1.82, 2.24) is 10.3 Å². The number of nitrogens with one attached hydrogen (secondary N) is 1. The molecule has 0 fully saturated rings. The third kappa shape index (κ3) is 3.46. The number of aromatic nitrogens is 1. The third-order valence-electron chi connectivity index (χ3n) is 4.36. The zero-order valence-electron chi connectivity index (χ0n) is 14.1. The summed E-state index contributed by atoms with van der Waals surface area (Å²) in [4.78, 5) is 16.6. The Morgan fingerprint density at radius 1 is 1.00 bits per heavy atom. The minimum Gasteiger partial charge on any atom is -0.349 e. The number of nitrogens with zero attached hydrogens (tertiary/aromatic N) is 1. The summed E-state index contributed by atoms with van der Waals surface area (Å²) >= 11 is 0. The summed E-state index contributed by atoms with van der Waals surface area (Å²) in [6, 6.07) is 22.3. The average molecular weight is 318 g/mol. The van der Waals surface area contributed by atoms with Crippen molar-refractivity contribution in [3.8, 4) is 0 Å². The zero-order valence-corrected chi connectivity index (χ0v) is 14.1. The lowest BCUT2D eigenvalue weighted by atomic mass is 9.87. The van der Waals surface area contributed by atoms with Crippen LogP contribution < -0.4 is 5.32 Å². The first-order chi connectivity index (χ1) is 11.7. The summed E-state index contributed by atoms with van der Waals surface area (Å²) in [5.41, 5.74) is 3.11. The Kier molecular flexibility index (Phi) is 4.90. The Labute approximate surface area is 142 Å². The Hall–Kier alpha value is -2.68. The van der Waals surface area contributed by atoms with Gasteiger partial charge < -0.3 is 5.32 Å². The number of hydrogen-bond acceptors (Lipinski definition) is 2. The number of benzene rings is 2. The number of amides is 1. The second-order valence-corrected chi connectivity index (χ2v) is 6.03. The highest BCUT2D eigenvalue weighted by Crippen LogP contribution is 2.33. The van der Waals surface area contributed by atoms with Crippen LogP contribution in [0.25, 0.3) is 10.9 Å². The molecule has 24 heavy (non-hydrogen) atoms. The lowest BCUT2D eigenvalue weighted by molar-refractivity contribution is -0.119. The van der Waals surface area contributed by atoms with E-state index in [-0.39, 0.29) is 17.9 Å². The van der Waals surface area contributed by atoms with E-state index in [2.05, 4.69) is 42.6 Å². The van der Waals surface area contributed by atoms with Crippen molar-refractivity contribution in [2.45, 2.75) is 32.2 Å². The summed E-state index contributed by atoms with van der Waals surface area (Å²) < 4.78 is 0. The molecule has 3 rings (SSSR count). The van der Waals surface area contributed by atoms with Crippen molar-refractivity contribution in [2.75, 3.05) is 0 Å². The van der Waals surface area contributed by atoms with Gasteiger partial charge in [-0.15, -0.1) is 0 Å². The van der Waals surface area contributed by atoms with Crippen LogP contribution in [0.5, 0.6) is 0 Å². The van der Waals surface area contributed by atoms with Gasteiger partial charge in [0.05, 0.1) is 11.6 Å². The first-order valence-corrected chi connectivity index (χ1v) is 8.36. The van der Waals surface area contributed by atoms with Crippen molar-refractivity contribution in [2.24, 2.45) is 0 Å². The molecule has 2 aromatic carbocycles. The van der Waals surface area contributed by atoms with Gasteiger partial charge in [0.15, 0.2) is 0 Å². The SMILES string of the molecule is CC[C@H](c1ccc2ccccc2n1)[C@H](NC(C)=O)c1ccccc1. The van der Waals surface area contributed by atoms with E-state index in [1.165, 1.54) is 0 Å². The summed E-state index contributed by atoms with van der Waals surface area (Å²) in [6.07, 6.45) is 0.894. The highest BCUT2D eigenvalue weighted by atomic mass is 16.1. The maximum Gasteiger partial charge on any atom is 0.217 e. The minimum atomic E-state index is -0.0811. The molecule has 0 aliphatic heterocycles. The van der Waals surface area contributed by atoms with E-state index < -0.39 is 0 Å². The molecule has 0 saturated heterocycles. The fraction of sp³-hybridized carbons (Fsp3) is 0.238. The Bertz CT molecular complexity index is 829. The van der Waals surface area contributed by atoms with Gasteiger partial charge in [-0.3, -0.25) is 9.78 Å². The fourth-order valence-electron chi connectivity index (χ4n) is 3.20. The Balaban J connectivity index is 2.03. The molecule has 1 N–H and O–H groups in total. The molecule has 1 amide bonds. The number of carbonyl (C=O) groups excluding carboxylic acids is 1. The molecule has 3 nitrogen and oxygen atoms in total. The molecule has 3 aromatic rings. The minimum absolute atomic E-state index is 0.0249. The van der Waals surface area contributed by atoms with Gasteiger partial charge in [-0.2, -0.15) is 0 Å². The zero-order chi connectivity index (χ0) is 16.9. The molecule has 122 valence electrons. The van der Waals surface area contributed by atoms with E-state index in [4.69, 9.17) is 4.98 Å². The molecule has 0 saturated carbocycles. The van der Waals surface area contributed by atoms with Crippen LogP contribution in [0, 0.1) is 0 Å². The van der Waals surface area contributed by atoms with Crippen molar-refractivity contribution in [3.05, 3.63) is 78.0 Å². The van der Waals surface area contributed by atoms with Gasteiger partial charge in [0.2, 0.25) is 5.91 Å². The summed E-state index contributed by atoms with van der Waals surface area (Å²) in [5.74, 6) is 0.101. The molecular weight excluding hydrogens is 296 g/mol. The number of pyridine rings is 1. The Morgan fingerprint density at radius 3 is 2.42 bits per heavy atom. The van der Waals surface area contributed by atoms with E-state index in [1.54, 1.807) is 6.92 Å². The molecular formula is C21H22N2O. The van der Waals surface area contributed by atoms with Gasteiger partial charge in [-0.25, -0.2) is 0 Å². The first-order valence-electron chi connectivity index (χ1n) is 8.36. The monoisotopic (exact) mass is 318 g/mol. The topological polar surface area (TPSA) is 42.0 Å². The molecule has 0 aliphatic carbocycles. The quantitative estimate of drug-likeness (QED) is 0.746. The van der Waals surface area contributed by atoms with Crippen LogP contribution in [0.4, 0.5) is 0 Å². The first kappa shape index (κ1) is 16.2. The van der Waals surface area contributed by atoms with E-state index in [0.717, 1.165) is 28.6 Å². The van der Waals surface area contributed by atoms with Crippen LogP contribution in [0.15, 0.2) is 66.7 Å². The predicted octanol–water partition coefficient (Wildman–Crippen LogP) is 4.61. The smallest absolute Gasteiger partial charge is 0.217 e. The number of rotatable bonds is 5. The largest absolute Gasteiger partial charge is 0.349 e. The van der Waals surface area contributed by atoms with Crippen LogP contribution in [0.3, 0.4) is 0 Å². The number of hydrogen-bond donors (Lipinski definition) is 1. The van der Waals surface area contributed by atoms with E-state index in [9.17, 15) is 4.79 Å².